The monoisotopic (exact) mass is 494 g/mol. The van der Waals surface area contributed by atoms with E-state index in [1.54, 1.807) is 30.3 Å². The quantitative estimate of drug-likeness (QED) is 0.306. The van der Waals surface area contributed by atoms with Crippen LogP contribution < -0.4 is 10.6 Å². The molecule has 0 saturated heterocycles. The Kier molecular flexibility index (Phi) is 9.26. The van der Waals surface area contributed by atoms with Crippen molar-refractivity contribution in [3.63, 3.8) is 0 Å². The molecule has 1 heterocycles. The highest BCUT2D eigenvalue weighted by Gasteiger charge is 2.26. The third-order valence-electron chi connectivity index (χ3n) is 4.94. The minimum absolute atomic E-state index is 0.0424. The number of esters is 1. The molecule has 0 aliphatic rings. The van der Waals surface area contributed by atoms with Crippen molar-refractivity contribution in [3.8, 4) is 0 Å². The van der Waals surface area contributed by atoms with Gasteiger partial charge in [0.1, 0.15) is 18.3 Å². The Morgan fingerprint density at radius 1 is 1.00 bits per heavy atom. The number of carbonyl (C=O) groups is 3. The average Bonchev–Trinajstić information content (AvgIpc) is 3.38. The number of halogens is 1. The minimum Gasteiger partial charge on any atom is -0.459 e. The second-order valence-electron chi connectivity index (χ2n) is 8.29. The molecule has 35 heavy (non-hydrogen) atoms. The number of furan rings is 1. The van der Waals surface area contributed by atoms with E-state index in [1.165, 1.54) is 18.4 Å². The van der Waals surface area contributed by atoms with Gasteiger partial charge in [-0.05, 0) is 53.8 Å². The van der Waals surface area contributed by atoms with E-state index < -0.39 is 23.8 Å². The summed E-state index contributed by atoms with van der Waals surface area (Å²) in [6, 6.07) is 18.2. The number of nitrogens with one attached hydrogen (secondary N) is 2. The van der Waals surface area contributed by atoms with E-state index in [0.717, 1.165) is 5.56 Å². The predicted octanol–water partition coefficient (Wildman–Crippen LogP) is 4.98. The Bertz CT molecular complexity index is 1160. The molecule has 2 N–H and O–H groups in total. The molecule has 3 rings (SSSR count). The maximum absolute atomic E-state index is 13.2. The van der Waals surface area contributed by atoms with Crippen molar-refractivity contribution in [2.75, 3.05) is 0 Å². The molecular weight excluding hydrogens is 468 g/mol. The molecular formula is C27H27ClN2O5. The first-order valence-corrected chi connectivity index (χ1v) is 11.5. The molecule has 1 unspecified atom stereocenters. The maximum atomic E-state index is 13.2. The Labute approximate surface area is 209 Å². The summed E-state index contributed by atoms with van der Waals surface area (Å²) < 4.78 is 10.6. The minimum atomic E-state index is -0.902. The molecule has 0 spiro atoms. The van der Waals surface area contributed by atoms with Gasteiger partial charge >= 0.3 is 5.97 Å². The Morgan fingerprint density at radius 3 is 2.34 bits per heavy atom. The third-order valence-corrected chi connectivity index (χ3v) is 5.19. The van der Waals surface area contributed by atoms with E-state index in [1.807, 2.05) is 44.2 Å². The van der Waals surface area contributed by atoms with E-state index in [2.05, 4.69) is 10.6 Å². The fourth-order valence-corrected chi connectivity index (χ4v) is 3.35. The van der Waals surface area contributed by atoms with E-state index in [0.29, 0.717) is 17.0 Å². The zero-order valence-electron chi connectivity index (χ0n) is 19.5. The standard InChI is InChI=1S/C27H27ClN2O5/c1-18(2)15-23(27(33)35-17-20-7-4-3-5-8-20)30-25(31)22(16-19-10-12-21(28)13-11-19)29-26(32)24-9-6-14-34-24/h3-14,16,18,23H,15,17H2,1-2H3,(H,29,32)(H,30,31)/b22-16+. The van der Waals surface area contributed by atoms with Crippen molar-refractivity contribution in [2.24, 2.45) is 5.92 Å². The number of amides is 2. The largest absolute Gasteiger partial charge is 0.459 e. The van der Waals surface area contributed by atoms with Crippen LogP contribution in [0.15, 0.2) is 83.1 Å². The first-order valence-electron chi connectivity index (χ1n) is 11.2. The van der Waals surface area contributed by atoms with Crippen LogP contribution in [0.5, 0.6) is 0 Å². The van der Waals surface area contributed by atoms with Crippen molar-refractivity contribution in [1.29, 1.82) is 0 Å². The molecule has 0 radical (unpaired) electrons. The van der Waals surface area contributed by atoms with Gasteiger partial charge in [0.05, 0.1) is 6.26 Å². The van der Waals surface area contributed by atoms with Crippen LogP contribution in [0, 0.1) is 5.92 Å². The lowest BCUT2D eigenvalue weighted by Crippen LogP contribution is -2.45. The molecule has 0 bridgehead atoms. The summed E-state index contributed by atoms with van der Waals surface area (Å²) in [6.07, 6.45) is 3.22. The fraction of sp³-hybridized carbons (Fsp3) is 0.222. The van der Waals surface area contributed by atoms with Gasteiger partial charge in [-0.3, -0.25) is 9.59 Å². The van der Waals surface area contributed by atoms with Crippen molar-refractivity contribution in [3.05, 3.63) is 101 Å². The van der Waals surface area contributed by atoms with Crippen LogP contribution >= 0.6 is 11.6 Å². The van der Waals surface area contributed by atoms with E-state index in [-0.39, 0.29) is 24.0 Å². The lowest BCUT2D eigenvalue weighted by molar-refractivity contribution is -0.149. The molecule has 0 fully saturated rings. The van der Waals surface area contributed by atoms with Gasteiger partial charge in [0.15, 0.2) is 5.76 Å². The highest BCUT2D eigenvalue weighted by Crippen LogP contribution is 2.14. The van der Waals surface area contributed by atoms with Crippen molar-refractivity contribution in [2.45, 2.75) is 32.9 Å². The summed E-state index contributed by atoms with van der Waals surface area (Å²) in [5.74, 6) is -1.65. The molecule has 0 aliphatic carbocycles. The predicted molar refractivity (Wildman–Crippen MR) is 133 cm³/mol. The van der Waals surface area contributed by atoms with Crippen LogP contribution in [0.1, 0.15) is 41.9 Å². The summed E-state index contributed by atoms with van der Waals surface area (Å²) >= 11 is 5.96. The highest BCUT2D eigenvalue weighted by atomic mass is 35.5. The van der Waals surface area contributed by atoms with Crippen molar-refractivity contribution >= 4 is 35.5 Å². The van der Waals surface area contributed by atoms with Gasteiger partial charge in [-0.25, -0.2) is 4.79 Å². The fourth-order valence-electron chi connectivity index (χ4n) is 3.23. The summed E-state index contributed by atoms with van der Waals surface area (Å²) in [5.41, 5.74) is 1.41. The summed E-state index contributed by atoms with van der Waals surface area (Å²) in [6.45, 7) is 3.96. The summed E-state index contributed by atoms with van der Waals surface area (Å²) in [7, 11) is 0. The van der Waals surface area contributed by atoms with Crippen LogP contribution in [0.2, 0.25) is 5.02 Å². The zero-order chi connectivity index (χ0) is 25.2. The van der Waals surface area contributed by atoms with Crippen molar-refractivity contribution in [1.82, 2.24) is 10.6 Å². The van der Waals surface area contributed by atoms with Gasteiger partial charge in [-0.2, -0.15) is 0 Å². The highest BCUT2D eigenvalue weighted by molar-refractivity contribution is 6.30. The van der Waals surface area contributed by atoms with Crippen LogP contribution in [0.3, 0.4) is 0 Å². The van der Waals surface area contributed by atoms with Gasteiger partial charge in [0.2, 0.25) is 0 Å². The van der Waals surface area contributed by atoms with Gasteiger partial charge in [0.25, 0.3) is 11.8 Å². The number of rotatable bonds is 10. The van der Waals surface area contributed by atoms with Crippen LogP contribution in [0.4, 0.5) is 0 Å². The topological polar surface area (TPSA) is 97.6 Å². The second kappa shape index (κ2) is 12.6. The molecule has 3 aromatic rings. The molecule has 8 heteroatoms. The normalized spacial score (nSPS) is 12.2. The Balaban J connectivity index is 1.79. The molecule has 2 aromatic carbocycles. The lowest BCUT2D eigenvalue weighted by Gasteiger charge is -2.20. The molecule has 1 atom stereocenters. The Morgan fingerprint density at radius 2 is 1.71 bits per heavy atom. The molecule has 1 aromatic heterocycles. The second-order valence-corrected chi connectivity index (χ2v) is 8.73. The van der Waals surface area contributed by atoms with E-state index >= 15 is 0 Å². The number of ether oxygens (including phenoxy) is 1. The molecule has 7 nitrogen and oxygen atoms in total. The van der Waals surface area contributed by atoms with Gasteiger partial charge in [-0.15, -0.1) is 0 Å². The number of carbonyl (C=O) groups excluding carboxylic acids is 3. The lowest BCUT2D eigenvalue weighted by atomic mass is 10.0. The number of hydrogen-bond donors (Lipinski definition) is 2. The Hall–Kier alpha value is -3.84. The SMILES string of the molecule is CC(C)CC(NC(=O)/C(=C\c1ccc(Cl)cc1)NC(=O)c1ccco1)C(=O)OCc1ccccc1. The van der Waals surface area contributed by atoms with Gasteiger partial charge in [0, 0.05) is 5.02 Å². The molecule has 0 aliphatic heterocycles. The number of hydrogen-bond acceptors (Lipinski definition) is 5. The molecule has 2 amide bonds. The summed E-state index contributed by atoms with van der Waals surface area (Å²) in [5, 5.41) is 5.82. The smallest absolute Gasteiger partial charge is 0.328 e. The molecule has 182 valence electrons. The van der Waals surface area contributed by atoms with Gasteiger partial charge in [-0.1, -0.05) is 67.9 Å². The number of benzene rings is 2. The van der Waals surface area contributed by atoms with Gasteiger partial charge < -0.3 is 19.8 Å². The van der Waals surface area contributed by atoms with Crippen molar-refractivity contribution < 1.29 is 23.5 Å². The summed E-state index contributed by atoms with van der Waals surface area (Å²) in [4.78, 5) is 38.7. The van der Waals surface area contributed by atoms with Crippen LogP contribution in [0.25, 0.3) is 6.08 Å². The zero-order valence-corrected chi connectivity index (χ0v) is 20.2. The first-order chi connectivity index (χ1) is 16.8. The van der Waals surface area contributed by atoms with Crippen LogP contribution in [-0.2, 0) is 20.9 Å². The average molecular weight is 495 g/mol. The van der Waals surface area contributed by atoms with E-state index in [4.69, 9.17) is 20.8 Å². The maximum Gasteiger partial charge on any atom is 0.328 e. The molecule has 0 saturated carbocycles. The first kappa shape index (κ1) is 25.8. The van der Waals surface area contributed by atoms with Crippen LogP contribution in [-0.4, -0.2) is 23.8 Å². The third kappa shape index (κ3) is 8.15. The van der Waals surface area contributed by atoms with E-state index in [9.17, 15) is 14.4 Å².